The van der Waals surface area contributed by atoms with Gasteiger partial charge in [0, 0.05) is 12.1 Å². The molecule has 0 spiro atoms. The molecule has 3 amide bonds. The zero-order valence-corrected chi connectivity index (χ0v) is 9.49. The van der Waals surface area contributed by atoms with Gasteiger partial charge in [-0.25, -0.2) is 4.79 Å². The van der Waals surface area contributed by atoms with Gasteiger partial charge in [0.05, 0.1) is 6.67 Å². The Labute approximate surface area is 99.0 Å². The van der Waals surface area contributed by atoms with Crippen molar-refractivity contribution in [3.8, 4) is 5.75 Å². The number of carbonyl (C=O) groups is 2. The second kappa shape index (κ2) is 6.37. The van der Waals surface area contributed by atoms with Crippen molar-refractivity contribution in [2.24, 2.45) is 0 Å². The molecule has 0 atom stereocenters. The third-order valence-electron chi connectivity index (χ3n) is 1.98. The molecule has 1 aromatic carbocycles. The standard InChI is InChI=1S/C11H15N3O3/c1-2-10(16)12-7-13-11(17)14-8-3-5-9(15)6-4-8/h3-6,15H,2,7H2,1H3,(H,12,16)(H2,13,14,17). The molecule has 0 saturated carbocycles. The predicted octanol–water partition coefficient (Wildman–Crippen LogP) is 0.997. The first-order chi connectivity index (χ1) is 8.11. The molecular formula is C11H15N3O3. The molecule has 0 aliphatic rings. The minimum absolute atomic E-state index is 0.0800. The Morgan fingerprint density at radius 1 is 1.18 bits per heavy atom. The molecule has 6 heteroatoms. The van der Waals surface area contributed by atoms with Crippen molar-refractivity contribution in [1.82, 2.24) is 10.6 Å². The van der Waals surface area contributed by atoms with Crippen LogP contribution < -0.4 is 16.0 Å². The van der Waals surface area contributed by atoms with Crippen LogP contribution in [0.25, 0.3) is 0 Å². The molecule has 6 nitrogen and oxygen atoms in total. The van der Waals surface area contributed by atoms with Gasteiger partial charge in [0.25, 0.3) is 0 Å². The van der Waals surface area contributed by atoms with E-state index in [4.69, 9.17) is 5.11 Å². The topological polar surface area (TPSA) is 90.5 Å². The molecule has 0 fully saturated rings. The first-order valence-corrected chi connectivity index (χ1v) is 5.22. The summed E-state index contributed by atoms with van der Waals surface area (Å²) in [6.45, 7) is 1.81. The summed E-state index contributed by atoms with van der Waals surface area (Å²) in [5.74, 6) is 0.00102. The maximum absolute atomic E-state index is 11.3. The van der Waals surface area contributed by atoms with Crippen LogP contribution in [0.5, 0.6) is 5.75 Å². The summed E-state index contributed by atoms with van der Waals surface area (Å²) in [4.78, 5) is 22.2. The van der Waals surface area contributed by atoms with E-state index in [1.807, 2.05) is 0 Å². The average Bonchev–Trinajstić information content (AvgIpc) is 2.32. The van der Waals surface area contributed by atoms with E-state index in [1.54, 1.807) is 19.1 Å². The lowest BCUT2D eigenvalue weighted by molar-refractivity contribution is -0.120. The maximum Gasteiger partial charge on any atom is 0.320 e. The van der Waals surface area contributed by atoms with Crippen LogP contribution in [-0.4, -0.2) is 23.7 Å². The number of aromatic hydroxyl groups is 1. The van der Waals surface area contributed by atoms with Gasteiger partial charge in [-0.3, -0.25) is 4.79 Å². The van der Waals surface area contributed by atoms with Crippen molar-refractivity contribution in [3.05, 3.63) is 24.3 Å². The Morgan fingerprint density at radius 3 is 2.41 bits per heavy atom. The van der Waals surface area contributed by atoms with E-state index in [9.17, 15) is 9.59 Å². The third-order valence-corrected chi connectivity index (χ3v) is 1.98. The Bertz CT molecular complexity index is 389. The van der Waals surface area contributed by atoms with Gasteiger partial charge in [-0.15, -0.1) is 0 Å². The molecular weight excluding hydrogens is 222 g/mol. The fourth-order valence-electron chi connectivity index (χ4n) is 1.07. The highest BCUT2D eigenvalue weighted by molar-refractivity contribution is 5.89. The van der Waals surface area contributed by atoms with Crippen molar-refractivity contribution in [2.75, 3.05) is 12.0 Å². The van der Waals surface area contributed by atoms with Crippen molar-refractivity contribution in [2.45, 2.75) is 13.3 Å². The van der Waals surface area contributed by atoms with E-state index in [1.165, 1.54) is 12.1 Å². The molecule has 92 valence electrons. The number of anilines is 1. The lowest BCUT2D eigenvalue weighted by Gasteiger charge is -2.08. The minimum atomic E-state index is -0.424. The minimum Gasteiger partial charge on any atom is -0.508 e. The molecule has 0 aromatic heterocycles. The van der Waals surface area contributed by atoms with Crippen LogP contribution in [-0.2, 0) is 4.79 Å². The van der Waals surface area contributed by atoms with Crippen molar-refractivity contribution < 1.29 is 14.7 Å². The number of rotatable bonds is 4. The summed E-state index contributed by atoms with van der Waals surface area (Å²) >= 11 is 0. The molecule has 0 aliphatic carbocycles. The predicted molar refractivity (Wildman–Crippen MR) is 63.6 cm³/mol. The SMILES string of the molecule is CCC(=O)NCNC(=O)Nc1ccc(O)cc1. The van der Waals surface area contributed by atoms with E-state index in [2.05, 4.69) is 16.0 Å². The van der Waals surface area contributed by atoms with Gasteiger partial charge in [-0.1, -0.05) is 6.92 Å². The lowest BCUT2D eigenvalue weighted by atomic mass is 10.3. The second-order valence-corrected chi connectivity index (χ2v) is 3.31. The summed E-state index contributed by atoms with van der Waals surface area (Å²) in [5.41, 5.74) is 0.558. The smallest absolute Gasteiger partial charge is 0.320 e. The third kappa shape index (κ3) is 4.87. The molecule has 0 heterocycles. The molecule has 0 radical (unpaired) electrons. The monoisotopic (exact) mass is 237 g/mol. The summed E-state index contributed by atoms with van der Waals surface area (Å²) in [6, 6.07) is 5.65. The summed E-state index contributed by atoms with van der Waals surface area (Å²) in [7, 11) is 0. The van der Waals surface area contributed by atoms with Crippen LogP contribution in [0.15, 0.2) is 24.3 Å². The van der Waals surface area contributed by atoms with Crippen molar-refractivity contribution >= 4 is 17.6 Å². The molecule has 0 aliphatic heterocycles. The zero-order valence-electron chi connectivity index (χ0n) is 9.49. The Balaban J connectivity index is 2.30. The van der Waals surface area contributed by atoms with Crippen LogP contribution in [0.3, 0.4) is 0 Å². The summed E-state index contributed by atoms with van der Waals surface area (Å²) < 4.78 is 0. The van der Waals surface area contributed by atoms with Gasteiger partial charge in [0.1, 0.15) is 5.75 Å². The van der Waals surface area contributed by atoms with Crippen LogP contribution in [0.4, 0.5) is 10.5 Å². The van der Waals surface area contributed by atoms with Crippen LogP contribution in [0, 0.1) is 0 Å². The molecule has 0 unspecified atom stereocenters. The Kier molecular flexibility index (Phi) is 4.80. The van der Waals surface area contributed by atoms with E-state index >= 15 is 0 Å². The molecule has 4 N–H and O–H groups in total. The van der Waals surface area contributed by atoms with E-state index in [0.29, 0.717) is 12.1 Å². The number of benzene rings is 1. The largest absolute Gasteiger partial charge is 0.508 e. The fraction of sp³-hybridized carbons (Fsp3) is 0.273. The number of urea groups is 1. The highest BCUT2D eigenvalue weighted by Gasteiger charge is 2.01. The van der Waals surface area contributed by atoms with Gasteiger partial charge in [-0.2, -0.15) is 0 Å². The molecule has 1 rings (SSSR count). The van der Waals surface area contributed by atoms with Gasteiger partial charge in [-0.05, 0) is 24.3 Å². The van der Waals surface area contributed by atoms with Gasteiger partial charge in [0.2, 0.25) is 5.91 Å². The van der Waals surface area contributed by atoms with Crippen molar-refractivity contribution in [3.63, 3.8) is 0 Å². The highest BCUT2D eigenvalue weighted by Crippen LogP contribution is 2.13. The Morgan fingerprint density at radius 2 is 1.82 bits per heavy atom. The fourth-order valence-corrected chi connectivity index (χ4v) is 1.07. The summed E-state index contributed by atoms with van der Waals surface area (Å²) in [5, 5.41) is 16.6. The van der Waals surface area contributed by atoms with E-state index in [-0.39, 0.29) is 18.3 Å². The van der Waals surface area contributed by atoms with E-state index < -0.39 is 6.03 Å². The van der Waals surface area contributed by atoms with Gasteiger partial charge >= 0.3 is 6.03 Å². The normalized spacial score (nSPS) is 9.47. The number of phenols is 1. The van der Waals surface area contributed by atoms with Crippen LogP contribution in [0.2, 0.25) is 0 Å². The van der Waals surface area contributed by atoms with Crippen molar-refractivity contribution in [1.29, 1.82) is 0 Å². The zero-order chi connectivity index (χ0) is 12.7. The lowest BCUT2D eigenvalue weighted by Crippen LogP contribution is -2.39. The molecule has 1 aromatic rings. The second-order valence-electron chi connectivity index (χ2n) is 3.31. The molecule has 17 heavy (non-hydrogen) atoms. The molecule has 0 bridgehead atoms. The molecule has 0 saturated heterocycles. The highest BCUT2D eigenvalue weighted by atomic mass is 16.3. The maximum atomic E-state index is 11.3. The van der Waals surface area contributed by atoms with Gasteiger partial charge < -0.3 is 21.1 Å². The van der Waals surface area contributed by atoms with Gasteiger partial charge in [0.15, 0.2) is 0 Å². The Hall–Kier alpha value is -2.24. The number of carbonyl (C=O) groups excluding carboxylic acids is 2. The average molecular weight is 237 g/mol. The number of hydrogen-bond acceptors (Lipinski definition) is 3. The number of hydrogen-bond donors (Lipinski definition) is 4. The van der Waals surface area contributed by atoms with Crippen LogP contribution in [0.1, 0.15) is 13.3 Å². The number of nitrogens with one attached hydrogen (secondary N) is 3. The first-order valence-electron chi connectivity index (χ1n) is 5.22. The summed E-state index contributed by atoms with van der Waals surface area (Å²) in [6.07, 6.45) is 0.376. The number of phenolic OH excluding ortho intramolecular Hbond substituents is 1. The quantitative estimate of drug-likeness (QED) is 0.465. The van der Waals surface area contributed by atoms with Crippen LogP contribution >= 0.6 is 0 Å². The first kappa shape index (κ1) is 12.8. The van der Waals surface area contributed by atoms with E-state index in [0.717, 1.165) is 0 Å². The number of amides is 3.